The van der Waals surface area contributed by atoms with E-state index in [2.05, 4.69) is 10.5 Å². The molecule has 128 valence electrons. The molecule has 0 bridgehead atoms. The summed E-state index contributed by atoms with van der Waals surface area (Å²) < 4.78 is 11.5. The molecule has 1 amide bonds. The van der Waals surface area contributed by atoms with Crippen LogP contribution in [0, 0.1) is 0 Å². The van der Waals surface area contributed by atoms with Crippen molar-refractivity contribution in [3.8, 4) is 11.5 Å². The molecule has 6 nitrogen and oxygen atoms in total. The zero-order chi connectivity index (χ0) is 17.1. The van der Waals surface area contributed by atoms with Crippen LogP contribution < -0.4 is 14.8 Å². The van der Waals surface area contributed by atoms with Gasteiger partial charge in [-0.3, -0.25) is 4.79 Å². The zero-order valence-corrected chi connectivity index (χ0v) is 13.6. The van der Waals surface area contributed by atoms with Crippen molar-refractivity contribution >= 4 is 11.6 Å². The molecule has 0 saturated carbocycles. The highest BCUT2D eigenvalue weighted by Gasteiger charge is 2.28. The van der Waals surface area contributed by atoms with Gasteiger partial charge in [0.2, 0.25) is 0 Å². The molecule has 6 heteroatoms. The molecule has 2 aliphatic rings. The summed E-state index contributed by atoms with van der Waals surface area (Å²) >= 11 is 0. The molecule has 0 aromatic heterocycles. The molecule has 2 aliphatic heterocycles. The second-order valence-electron chi connectivity index (χ2n) is 5.95. The Balaban J connectivity index is 1.29. The molecule has 25 heavy (non-hydrogen) atoms. The summed E-state index contributed by atoms with van der Waals surface area (Å²) in [4.78, 5) is 17.7. The van der Waals surface area contributed by atoms with E-state index in [4.69, 9.17) is 14.3 Å². The first kappa shape index (κ1) is 15.5. The molecule has 2 heterocycles. The highest BCUT2D eigenvalue weighted by molar-refractivity contribution is 6.39. The van der Waals surface area contributed by atoms with Crippen LogP contribution in [0.3, 0.4) is 0 Å². The largest absolute Gasteiger partial charge is 0.486 e. The molecule has 0 radical (unpaired) electrons. The van der Waals surface area contributed by atoms with Crippen molar-refractivity contribution in [3.05, 3.63) is 60.2 Å². The Morgan fingerprint density at radius 1 is 1.08 bits per heavy atom. The van der Waals surface area contributed by atoms with Crippen LogP contribution >= 0.6 is 0 Å². The van der Waals surface area contributed by atoms with Gasteiger partial charge in [0.15, 0.2) is 17.6 Å². The van der Waals surface area contributed by atoms with Crippen LogP contribution in [0.5, 0.6) is 11.5 Å². The SMILES string of the molecule is O=C(NC[C@@H]1COc2ccccc2O1)C1=NO[C@@H](c2ccccc2)C1. The molecule has 2 aromatic carbocycles. The molecule has 0 spiro atoms. The molecule has 0 aliphatic carbocycles. The summed E-state index contributed by atoms with van der Waals surface area (Å²) in [6.07, 6.45) is 0.0236. The van der Waals surface area contributed by atoms with Gasteiger partial charge in [0.1, 0.15) is 18.4 Å². The quantitative estimate of drug-likeness (QED) is 0.930. The maximum Gasteiger partial charge on any atom is 0.269 e. The van der Waals surface area contributed by atoms with Crippen molar-refractivity contribution in [3.63, 3.8) is 0 Å². The van der Waals surface area contributed by atoms with E-state index >= 15 is 0 Å². The number of carbonyl (C=O) groups excluding carboxylic acids is 1. The van der Waals surface area contributed by atoms with E-state index in [-0.39, 0.29) is 18.1 Å². The van der Waals surface area contributed by atoms with Crippen LogP contribution in [0.4, 0.5) is 0 Å². The minimum atomic E-state index is -0.235. The fourth-order valence-electron chi connectivity index (χ4n) is 2.83. The summed E-state index contributed by atoms with van der Waals surface area (Å²) in [5.74, 6) is 1.18. The number of amides is 1. The molecule has 0 fully saturated rings. The van der Waals surface area contributed by atoms with Crippen molar-refractivity contribution in [1.29, 1.82) is 0 Å². The van der Waals surface area contributed by atoms with Gasteiger partial charge in [0.25, 0.3) is 5.91 Å². The first-order chi connectivity index (χ1) is 12.3. The second kappa shape index (κ2) is 6.84. The van der Waals surface area contributed by atoms with Crippen molar-refractivity contribution in [2.75, 3.05) is 13.2 Å². The molecule has 0 saturated heterocycles. The topological polar surface area (TPSA) is 69.2 Å². The summed E-state index contributed by atoms with van der Waals surface area (Å²) in [6.45, 7) is 0.745. The van der Waals surface area contributed by atoms with Gasteiger partial charge in [-0.05, 0) is 17.7 Å². The van der Waals surface area contributed by atoms with Crippen LogP contribution in [0.1, 0.15) is 18.1 Å². The number of ether oxygens (including phenoxy) is 2. The second-order valence-corrected chi connectivity index (χ2v) is 5.95. The van der Waals surface area contributed by atoms with Crippen molar-refractivity contribution in [2.45, 2.75) is 18.6 Å². The molecular formula is C19H18N2O4. The van der Waals surface area contributed by atoms with Gasteiger partial charge in [-0.15, -0.1) is 0 Å². The Labute approximate surface area is 145 Å². The molecule has 2 atom stereocenters. The van der Waals surface area contributed by atoms with E-state index in [0.717, 1.165) is 11.3 Å². The molecular weight excluding hydrogens is 320 g/mol. The van der Waals surface area contributed by atoms with E-state index < -0.39 is 0 Å². The first-order valence-electron chi connectivity index (χ1n) is 8.24. The number of carbonyl (C=O) groups is 1. The van der Waals surface area contributed by atoms with E-state index in [0.29, 0.717) is 31.0 Å². The standard InChI is InChI=1S/C19H18N2O4/c22-19(15-10-18(25-21-15)13-6-2-1-3-7-13)20-11-14-12-23-16-8-4-5-9-17(16)24-14/h1-9,14,18H,10-12H2,(H,20,22)/t14-,18-/m1/s1. The number of para-hydroxylation sites is 2. The van der Waals surface area contributed by atoms with Crippen molar-refractivity contribution in [1.82, 2.24) is 5.32 Å². The van der Waals surface area contributed by atoms with Crippen molar-refractivity contribution in [2.24, 2.45) is 5.16 Å². The smallest absolute Gasteiger partial charge is 0.269 e. The highest BCUT2D eigenvalue weighted by atomic mass is 16.6. The van der Waals surface area contributed by atoms with Gasteiger partial charge in [0.05, 0.1) is 6.54 Å². The van der Waals surface area contributed by atoms with Crippen LogP contribution in [-0.2, 0) is 9.63 Å². The zero-order valence-electron chi connectivity index (χ0n) is 13.6. The third-order valence-corrected chi connectivity index (χ3v) is 4.16. The molecule has 2 aromatic rings. The summed E-state index contributed by atoms with van der Waals surface area (Å²) in [7, 11) is 0. The highest BCUT2D eigenvalue weighted by Crippen LogP contribution is 2.31. The summed E-state index contributed by atoms with van der Waals surface area (Å²) in [5, 5.41) is 6.77. The molecule has 1 N–H and O–H groups in total. The Kier molecular flexibility index (Phi) is 4.24. The van der Waals surface area contributed by atoms with E-state index in [9.17, 15) is 4.79 Å². The fourth-order valence-corrected chi connectivity index (χ4v) is 2.83. The number of hydrogen-bond donors (Lipinski definition) is 1. The van der Waals surface area contributed by atoms with Gasteiger partial charge in [-0.1, -0.05) is 47.6 Å². The fraction of sp³-hybridized carbons (Fsp3) is 0.263. The van der Waals surface area contributed by atoms with Crippen LogP contribution in [0.25, 0.3) is 0 Å². The van der Waals surface area contributed by atoms with Gasteiger partial charge in [-0.2, -0.15) is 0 Å². The lowest BCUT2D eigenvalue weighted by atomic mass is 10.0. The molecule has 4 rings (SSSR count). The Hall–Kier alpha value is -3.02. The number of hydrogen-bond acceptors (Lipinski definition) is 5. The summed E-state index contributed by atoms with van der Waals surface area (Å²) in [5.41, 5.74) is 1.40. The number of fused-ring (bicyclic) bond motifs is 1. The summed E-state index contributed by atoms with van der Waals surface area (Å²) in [6, 6.07) is 17.2. The third kappa shape index (κ3) is 3.42. The minimum Gasteiger partial charge on any atom is -0.486 e. The Morgan fingerprint density at radius 3 is 2.68 bits per heavy atom. The van der Waals surface area contributed by atoms with Crippen LogP contribution in [-0.4, -0.2) is 30.9 Å². The van der Waals surface area contributed by atoms with Gasteiger partial charge < -0.3 is 19.6 Å². The van der Waals surface area contributed by atoms with Gasteiger partial charge in [-0.25, -0.2) is 0 Å². The number of nitrogens with zero attached hydrogens (tertiary/aromatic N) is 1. The van der Waals surface area contributed by atoms with Crippen LogP contribution in [0.2, 0.25) is 0 Å². The predicted molar refractivity (Wildman–Crippen MR) is 91.7 cm³/mol. The predicted octanol–water partition coefficient (Wildman–Crippen LogP) is 2.46. The van der Waals surface area contributed by atoms with Crippen molar-refractivity contribution < 1.29 is 19.1 Å². The van der Waals surface area contributed by atoms with E-state index in [1.807, 2.05) is 54.6 Å². The third-order valence-electron chi connectivity index (χ3n) is 4.16. The Morgan fingerprint density at radius 2 is 1.84 bits per heavy atom. The maximum absolute atomic E-state index is 12.3. The van der Waals surface area contributed by atoms with Crippen LogP contribution in [0.15, 0.2) is 59.8 Å². The lowest BCUT2D eigenvalue weighted by Gasteiger charge is -2.26. The monoisotopic (exact) mass is 338 g/mol. The average molecular weight is 338 g/mol. The number of oxime groups is 1. The first-order valence-corrected chi connectivity index (χ1v) is 8.24. The number of benzene rings is 2. The van der Waals surface area contributed by atoms with Gasteiger partial charge in [0, 0.05) is 6.42 Å². The maximum atomic E-state index is 12.3. The number of rotatable bonds is 4. The normalized spacial score (nSPS) is 21.2. The molecule has 0 unspecified atom stereocenters. The van der Waals surface area contributed by atoms with E-state index in [1.165, 1.54) is 0 Å². The minimum absolute atomic E-state index is 0.205. The lowest BCUT2D eigenvalue weighted by Crippen LogP contribution is -2.42. The van der Waals surface area contributed by atoms with Gasteiger partial charge >= 0.3 is 0 Å². The Bertz CT molecular complexity index is 791. The lowest BCUT2D eigenvalue weighted by molar-refractivity contribution is -0.115. The van der Waals surface area contributed by atoms with E-state index in [1.54, 1.807) is 0 Å². The number of nitrogens with one attached hydrogen (secondary N) is 1. The average Bonchev–Trinajstić information content (AvgIpc) is 3.17.